The molecule has 2 aromatic heterocycles. The number of nitrogens with one attached hydrogen (secondary N) is 1. The number of benzene rings is 1. The van der Waals surface area contributed by atoms with Crippen LogP contribution in [0.25, 0.3) is 0 Å². The third-order valence-corrected chi connectivity index (χ3v) is 5.26. The van der Waals surface area contributed by atoms with E-state index in [0.29, 0.717) is 23.0 Å². The van der Waals surface area contributed by atoms with Crippen LogP contribution in [0.4, 0.5) is 28.8 Å². The van der Waals surface area contributed by atoms with Gasteiger partial charge in [-0.15, -0.1) is 0 Å². The topological polar surface area (TPSA) is 79.2 Å². The summed E-state index contributed by atoms with van der Waals surface area (Å²) in [5, 5.41) is 7.62. The Morgan fingerprint density at radius 1 is 1.11 bits per heavy atom. The Labute approximate surface area is 162 Å². The summed E-state index contributed by atoms with van der Waals surface area (Å²) < 4.78 is 1.96. The van der Waals surface area contributed by atoms with E-state index in [0.717, 1.165) is 23.8 Å². The lowest BCUT2D eigenvalue weighted by Crippen LogP contribution is -2.25. The lowest BCUT2D eigenvalue weighted by molar-refractivity contribution is 0.0994. The van der Waals surface area contributed by atoms with Crippen LogP contribution in [0.1, 0.15) is 23.2 Å². The number of hydrogen-bond acceptors (Lipinski definition) is 6. The number of para-hydroxylation sites is 1. The highest BCUT2D eigenvalue weighted by Gasteiger charge is 2.28. The van der Waals surface area contributed by atoms with Gasteiger partial charge in [0.2, 0.25) is 5.95 Å². The van der Waals surface area contributed by atoms with Crippen molar-refractivity contribution in [3.63, 3.8) is 0 Å². The van der Waals surface area contributed by atoms with Gasteiger partial charge in [-0.2, -0.15) is 10.1 Å². The molecule has 28 heavy (non-hydrogen) atoms. The Bertz CT molecular complexity index is 1060. The molecule has 5 rings (SSSR count). The number of amides is 1. The normalized spacial score (nSPS) is 15.9. The van der Waals surface area contributed by atoms with Crippen LogP contribution in [-0.4, -0.2) is 39.8 Å². The maximum atomic E-state index is 12.8. The lowest BCUT2D eigenvalue weighted by atomic mass is 10.1. The molecule has 2 aliphatic rings. The molecule has 1 aliphatic carbocycles. The molecule has 1 saturated carbocycles. The Balaban J connectivity index is 1.48. The zero-order valence-electron chi connectivity index (χ0n) is 15.8. The minimum Gasteiger partial charge on any atom is -0.327 e. The fourth-order valence-electron chi connectivity index (χ4n) is 3.48. The van der Waals surface area contributed by atoms with Crippen LogP contribution in [-0.2, 0) is 6.54 Å². The second-order valence-corrected chi connectivity index (χ2v) is 7.36. The first-order valence-corrected chi connectivity index (χ1v) is 9.37. The van der Waals surface area contributed by atoms with Gasteiger partial charge in [0.25, 0.3) is 5.91 Å². The van der Waals surface area contributed by atoms with Crippen molar-refractivity contribution in [2.45, 2.75) is 19.4 Å². The fourth-order valence-corrected chi connectivity index (χ4v) is 3.48. The van der Waals surface area contributed by atoms with Gasteiger partial charge in [-0.1, -0.05) is 12.1 Å². The van der Waals surface area contributed by atoms with Gasteiger partial charge in [-0.05, 0) is 30.9 Å². The number of anilines is 5. The van der Waals surface area contributed by atoms with Gasteiger partial charge < -0.3 is 15.1 Å². The van der Waals surface area contributed by atoms with Gasteiger partial charge in [-0.3, -0.25) is 9.48 Å². The molecule has 1 aliphatic heterocycles. The van der Waals surface area contributed by atoms with Crippen molar-refractivity contribution in [2.24, 2.45) is 5.92 Å². The van der Waals surface area contributed by atoms with Crippen LogP contribution in [0.5, 0.6) is 0 Å². The molecule has 0 radical (unpaired) electrons. The first kappa shape index (κ1) is 16.7. The average Bonchev–Trinajstić information content (AvgIpc) is 3.44. The second kappa shape index (κ2) is 6.33. The summed E-state index contributed by atoms with van der Waals surface area (Å²) in [6, 6.07) is 7.54. The van der Waals surface area contributed by atoms with E-state index in [-0.39, 0.29) is 5.91 Å². The number of nitrogens with zero attached hydrogens (tertiary/aromatic N) is 6. The molecule has 0 atom stereocenters. The van der Waals surface area contributed by atoms with Gasteiger partial charge in [0.15, 0.2) is 5.82 Å². The molecule has 1 amide bonds. The highest BCUT2D eigenvalue weighted by Crippen LogP contribution is 2.38. The molecule has 0 spiro atoms. The molecular formula is C20H21N7O. The summed E-state index contributed by atoms with van der Waals surface area (Å²) in [6.07, 6.45) is 8.01. The van der Waals surface area contributed by atoms with E-state index in [1.807, 2.05) is 47.1 Å². The van der Waals surface area contributed by atoms with Gasteiger partial charge in [0.05, 0.1) is 29.3 Å². The van der Waals surface area contributed by atoms with Crippen molar-refractivity contribution < 1.29 is 4.79 Å². The molecule has 1 aromatic carbocycles. The van der Waals surface area contributed by atoms with Crippen molar-refractivity contribution in [2.75, 3.05) is 29.2 Å². The lowest BCUT2D eigenvalue weighted by Gasteiger charge is -2.21. The van der Waals surface area contributed by atoms with Gasteiger partial charge in [-0.25, -0.2) is 4.98 Å². The quantitative estimate of drug-likeness (QED) is 0.754. The molecule has 142 valence electrons. The first-order valence-electron chi connectivity index (χ1n) is 9.37. The van der Waals surface area contributed by atoms with Crippen molar-refractivity contribution >= 4 is 34.7 Å². The van der Waals surface area contributed by atoms with Crippen molar-refractivity contribution in [3.8, 4) is 0 Å². The van der Waals surface area contributed by atoms with E-state index in [4.69, 9.17) is 0 Å². The van der Waals surface area contributed by atoms with Crippen molar-refractivity contribution in [3.05, 3.63) is 48.4 Å². The number of fused-ring (bicyclic) bond motifs is 2. The highest BCUT2D eigenvalue weighted by atomic mass is 16.2. The molecule has 0 saturated heterocycles. The average molecular weight is 375 g/mol. The zero-order chi connectivity index (χ0) is 19.3. The minimum atomic E-state index is -0.0770. The molecule has 3 heterocycles. The first-order chi connectivity index (χ1) is 13.6. The summed E-state index contributed by atoms with van der Waals surface area (Å²) in [5.41, 5.74) is 2.97. The van der Waals surface area contributed by atoms with Gasteiger partial charge in [0.1, 0.15) is 5.69 Å². The SMILES string of the molecule is CN1C(=O)c2ccccc2N(C)c2nc(Nc3cnn(CC4CC4)c3)ncc21. The summed E-state index contributed by atoms with van der Waals surface area (Å²) >= 11 is 0. The third-order valence-electron chi connectivity index (χ3n) is 5.26. The highest BCUT2D eigenvalue weighted by molar-refractivity contribution is 6.13. The number of carbonyl (C=O) groups is 1. The zero-order valence-corrected chi connectivity index (χ0v) is 15.8. The van der Waals surface area contributed by atoms with Crippen LogP contribution in [0.15, 0.2) is 42.9 Å². The minimum absolute atomic E-state index is 0.0770. The second-order valence-electron chi connectivity index (χ2n) is 7.36. The Kier molecular flexibility index (Phi) is 3.78. The van der Waals surface area contributed by atoms with Crippen LogP contribution in [0.2, 0.25) is 0 Å². The molecule has 8 heteroatoms. The predicted molar refractivity (Wildman–Crippen MR) is 108 cm³/mol. The van der Waals surface area contributed by atoms with E-state index in [2.05, 4.69) is 20.4 Å². The Morgan fingerprint density at radius 2 is 1.93 bits per heavy atom. The summed E-state index contributed by atoms with van der Waals surface area (Å²) in [6.45, 7) is 0.957. The van der Waals surface area contributed by atoms with Crippen LogP contribution in [0.3, 0.4) is 0 Å². The summed E-state index contributed by atoms with van der Waals surface area (Å²) in [7, 11) is 3.66. The monoisotopic (exact) mass is 375 g/mol. The van der Waals surface area contributed by atoms with Gasteiger partial charge in [0, 0.05) is 26.8 Å². The molecule has 8 nitrogen and oxygen atoms in total. The Hall–Kier alpha value is -3.42. The van der Waals surface area contributed by atoms with Crippen LogP contribution >= 0.6 is 0 Å². The fraction of sp³-hybridized carbons (Fsp3) is 0.300. The van der Waals surface area contributed by atoms with Crippen LogP contribution in [0, 0.1) is 5.92 Å². The third kappa shape index (κ3) is 2.87. The molecule has 0 bridgehead atoms. The maximum Gasteiger partial charge on any atom is 0.260 e. The van der Waals surface area contributed by atoms with Crippen LogP contribution < -0.4 is 15.1 Å². The van der Waals surface area contributed by atoms with E-state index in [1.54, 1.807) is 24.3 Å². The number of hydrogen-bond donors (Lipinski definition) is 1. The van der Waals surface area contributed by atoms with E-state index < -0.39 is 0 Å². The standard InChI is InChI=1S/C20H21N7O/c1-25-16-6-4-3-5-15(16)19(28)26(2)17-10-21-20(24-18(17)25)23-14-9-22-27(12-14)11-13-7-8-13/h3-6,9-10,12-13H,7-8,11H2,1-2H3,(H,21,23,24). The maximum absolute atomic E-state index is 12.8. The van der Waals surface area contributed by atoms with E-state index in [9.17, 15) is 4.79 Å². The molecule has 1 N–H and O–H groups in total. The van der Waals surface area contributed by atoms with Gasteiger partial charge >= 0.3 is 0 Å². The summed E-state index contributed by atoms with van der Waals surface area (Å²) in [4.78, 5) is 25.5. The molecule has 0 unspecified atom stereocenters. The molecule has 3 aromatic rings. The molecule has 1 fully saturated rings. The Morgan fingerprint density at radius 3 is 2.75 bits per heavy atom. The number of carbonyl (C=O) groups excluding carboxylic acids is 1. The molecular weight excluding hydrogens is 354 g/mol. The number of rotatable bonds is 4. The van der Waals surface area contributed by atoms with E-state index >= 15 is 0 Å². The summed E-state index contributed by atoms with van der Waals surface area (Å²) in [5.74, 6) is 1.82. The number of aromatic nitrogens is 4. The van der Waals surface area contributed by atoms with Crippen molar-refractivity contribution in [1.82, 2.24) is 19.7 Å². The van der Waals surface area contributed by atoms with Crippen molar-refractivity contribution in [1.29, 1.82) is 0 Å². The largest absolute Gasteiger partial charge is 0.327 e. The van der Waals surface area contributed by atoms with E-state index in [1.165, 1.54) is 12.8 Å². The predicted octanol–water partition coefficient (Wildman–Crippen LogP) is 3.18. The smallest absolute Gasteiger partial charge is 0.260 e.